The van der Waals surface area contributed by atoms with Gasteiger partial charge in [0.1, 0.15) is 0 Å². The van der Waals surface area contributed by atoms with Crippen LogP contribution in [0.2, 0.25) is 0 Å². The van der Waals surface area contributed by atoms with E-state index in [4.69, 9.17) is 0 Å². The summed E-state index contributed by atoms with van der Waals surface area (Å²) in [6, 6.07) is 19.2. The molecule has 0 radical (unpaired) electrons. The second kappa shape index (κ2) is 6.99. The van der Waals surface area contributed by atoms with Crippen LogP contribution in [0.5, 0.6) is 0 Å². The molecule has 0 amide bonds. The van der Waals surface area contributed by atoms with E-state index in [0.717, 1.165) is 17.3 Å². The molecule has 0 fully saturated rings. The standard InChI is InChI=1S/C18H24N2/c1-14(2)13-15(3)19-17-9-11-18(12-10-17)20-16-7-5-4-6-8-16/h4-12,14-15,19-20H,13H2,1-3H3/t15-/m0/s1. The molecular weight excluding hydrogens is 244 g/mol. The Labute approximate surface area is 122 Å². The van der Waals surface area contributed by atoms with Gasteiger partial charge in [0.2, 0.25) is 0 Å². The van der Waals surface area contributed by atoms with Gasteiger partial charge in [-0.15, -0.1) is 0 Å². The van der Waals surface area contributed by atoms with Crippen molar-refractivity contribution in [1.82, 2.24) is 0 Å². The molecule has 2 aromatic rings. The predicted octanol–water partition coefficient (Wildman–Crippen LogP) is 5.28. The van der Waals surface area contributed by atoms with Crippen molar-refractivity contribution in [3.63, 3.8) is 0 Å². The zero-order valence-electron chi connectivity index (χ0n) is 12.6. The topological polar surface area (TPSA) is 24.1 Å². The molecule has 0 aliphatic heterocycles. The van der Waals surface area contributed by atoms with E-state index in [1.54, 1.807) is 0 Å². The monoisotopic (exact) mass is 268 g/mol. The molecule has 0 saturated heterocycles. The fourth-order valence-corrected chi connectivity index (χ4v) is 2.39. The summed E-state index contributed by atoms with van der Waals surface area (Å²) < 4.78 is 0. The van der Waals surface area contributed by atoms with Crippen molar-refractivity contribution < 1.29 is 0 Å². The number of anilines is 3. The van der Waals surface area contributed by atoms with Gasteiger partial charge in [-0.3, -0.25) is 0 Å². The summed E-state index contributed by atoms with van der Waals surface area (Å²) in [5.74, 6) is 0.719. The van der Waals surface area contributed by atoms with Gasteiger partial charge < -0.3 is 10.6 Å². The molecular formula is C18H24N2. The van der Waals surface area contributed by atoms with Crippen molar-refractivity contribution in [2.75, 3.05) is 10.6 Å². The van der Waals surface area contributed by atoms with Gasteiger partial charge in [0.05, 0.1) is 0 Å². The Morgan fingerprint density at radius 1 is 0.750 bits per heavy atom. The number of benzene rings is 2. The second-order valence-electron chi connectivity index (χ2n) is 5.74. The van der Waals surface area contributed by atoms with E-state index >= 15 is 0 Å². The third-order valence-electron chi connectivity index (χ3n) is 3.19. The Morgan fingerprint density at radius 2 is 1.30 bits per heavy atom. The van der Waals surface area contributed by atoms with Crippen LogP contribution in [0.4, 0.5) is 17.1 Å². The number of hydrogen-bond donors (Lipinski definition) is 2. The van der Waals surface area contributed by atoms with Gasteiger partial charge in [0.25, 0.3) is 0 Å². The Kier molecular flexibility index (Phi) is 5.05. The Hall–Kier alpha value is -1.96. The van der Waals surface area contributed by atoms with E-state index in [0.29, 0.717) is 6.04 Å². The highest BCUT2D eigenvalue weighted by Gasteiger charge is 2.04. The molecule has 2 N–H and O–H groups in total. The molecule has 0 aliphatic carbocycles. The molecule has 0 aromatic heterocycles. The van der Waals surface area contributed by atoms with Crippen LogP contribution in [0, 0.1) is 5.92 Å². The largest absolute Gasteiger partial charge is 0.383 e. The molecule has 0 bridgehead atoms. The number of nitrogens with one attached hydrogen (secondary N) is 2. The normalized spacial score (nSPS) is 12.2. The summed E-state index contributed by atoms with van der Waals surface area (Å²) in [6.45, 7) is 6.74. The lowest BCUT2D eigenvalue weighted by atomic mass is 10.1. The molecule has 0 heterocycles. The summed E-state index contributed by atoms with van der Waals surface area (Å²) >= 11 is 0. The number of para-hydroxylation sites is 1. The van der Waals surface area contributed by atoms with E-state index in [2.05, 4.69) is 67.8 Å². The maximum absolute atomic E-state index is 3.54. The van der Waals surface area contributed by atoms with E-state index in [1.807, 2.05) is 18.2 Å². The van der Waals surface area contributed by atoms with Crippen LogP contribution >= 0.6 is 0 Å². The van der Waals surface area contributed by atoms with E-state index in [-0.39, 0.29) is 0 Å². The average molecular weight is 268 g/mol. The fourth-order valence-electron chi connectivity index (χ4n) is 2.39. The van der Waals surface area contributed by atoms with Gasteiger partial charge in [-0.25, -0.2) is 0 Å². The van der Waals surface area contributed by atoms with Crippen LogP contribution < -0.4 is 10.6 Å². The smallest absolute Gasteiger partial charge is 0.0385 e. The summed E-state index contributed by atoms with van der Waals surface area (Å²) in [4.78, 5) is 0. The summed E-state index contributed by atoms with van der Waals surface area (Å²) in [5, 5.41) is 6.93. The van der Waals surface area contributed by atoms with E-state index in [9.17, 15) is 0 Å². The van der Waals surface area contributed by atoms with Crippen molar-refractivity contribution >= 4 is 17.1 Å². The number of rotatable bonds is 6. The highest BCUT2D eigenvalue weighted by Crippen LogP contribution is 2.19. The molecule has 0 saturated carbocycles. The Morgan fingerprint density at radius 3 is 1.90 bits per heavy atom. The predicted molar refractivity (Wildman–Crippen MR) is 88.7 cm³/mol. The van der Waals surface area contributed by atoms with Crippen LogP contribution in [0.25, 0.3) is 0 Å². The van der Waals surface area contributed by atoms with Crippen LogP contribution in [0.1, 0.15) is 27.2 Å². The SMILES string of the molecule is CC(C)C[C@H](C)Nc1ccc(Nc2ccccc2)cc1. The molecule has 0 aliphatic rings. The highest BCUT2D eigenvalue weighted by molar-refractivity contribution is 5.62. The molecule has 1 atom stereocenters. The van der Waals surface area contributed by atoms with Crippen molar-refractivity contribution in [2.45, 2.75) is 33.2 Å². The zero-order valence-corrected chi connectivity index (χ0v) is 12.6. The van der Waals surface area contributed by atoms with Crippen LogP contribution in [0.15, 0.2) is 54.6 Å². The highest BCUT2D eigenvalue weighted by atomic mass is 14.9. The summed E-state index contributed by atoms with van der Waals surface area (Å²) in [5.41, 5.74) is 3.40. The van der Waals surface area contributed by atoms with E-state index < -0.39 is 0 Å². The lowest BCUT2D eigenvalue weighted by Crippen LogP contribution is -2.17. The molecule has 106 valence electrons. The van der Waals surface area contributed by atoms with Crippen LogP contribution in [-0.2, 0) is 0 Å². The summed E-state index contributed by atoms with van der Waals surface area (Å²) in [7, 11) is 0. The Balaban J connectivity index is 1.93. The minimum atomic E-state index is 0.503. The quantitative estimate of drug-likeness (QED) is 0.745. The van der Waals surface area contributed by atoms with Gasteiger partial charge in [-0.1, -0.05) is 32.0 Å². The first-order valence-electron chi connectivity index (χ1n) is 7.32. The van der Waals surface area contributed by atoms with Crippen LogP contribution in [-0.4, -0.2) is 6.04 Å². The lowest BCUT2D eigenvalue weighted by molar-refractivity contribution is 0.540. The van der Waals surface area contributed by atoms with Gasteiger partial charge in [-0.2, -0.15) is 0 Å². The van der Waals surface area contributed by atoms with Gasteiger partial charge >= 0.3 is 0 Å². The van der Waals surface area contributed by atoms with Crippen molar-refractivity contribution in [3.8, 4) is 0 Å². The average Bonchev–Trinajstić information content (AvgIpc) is 2.41. The first-order chi connectivity index (χ1) is 9.63. The van der Waals surface area contributed by atoms with E-state index in [1.165, 1.54) is 12.1 Å². The molecule has 2 heteroatoms. The summed E-state index contributed by atoms with van der Waals surface area (Å²) in [6.07, 6.45) is 1.18. The first kappa shape index (κ1) is 14.4. The van der Waals surface area contributed by atoms with Gasteiger partial charge in [-0.05, 0) is 55.7 Å². The van der Waals surface area contributed by atoms with Crippen molar-refractivity contribution in [1.29, 1.82) is 0 Å². The molecule has 2 nitrogen and oxygen atoms in total. The zero-order chi connectivity index (χ0) is 14.4. The minimum Gasteiger partial charge on any atom is -0.383 e. The number of hydrogen-bond acceptors (Lipinski definition) is 2. The minimum absolute atomic E-state index is 0.503. The molecule has 2 aromatic carbocycles. The Bertz CT molecular complexity index is 503. The maximum Gasteiger partial charge on any atom is 0.0385 e. The molecule has 0 spiro atoms. The third-order valence-corrected chi connectivity index (χ3v) is 3.19. The lowest BCUT2D eigenvalue weighted by Gasteiger charge is -2.17. The first-order valence-corrected chi connectivity index (χ1v) is 7.32. The van der Waals surface area contributed by atoms with Crippen LogP contribution in [0.3, 0.4) is 0 Å². The second-order valence-corrected chi connectivity index (χ2v) is 5.74. The van der Waals surface area contributed by atoms with Crippen molar-refractivity contribution in [3.05, 3.63) is 54.6 Å². The van der Waals surface area contributed by atoms with Crippen molar-refractivity contribution in [2.24, 2.45) is 5.92 Å². The van der Waals surface area contributed by atoms with Gasteiger partial charge in [0, 0.05) is 23.1 Å². The van der Waals surface area contributed by atoms with Gasteiger partial charge in [0.15, 0.2) is 0 Å². The molecule has 0 unspecified atom stereocenters. The maximum atomic E-state index is 3.54. The molecule has 20 heavy (non-hydrogen) atoms. The molecule has 2 rings (SSSR count). The third kappa shape index (κ3) is 4.61. The fraction of sp³-hybridized carbons (Fsp3) is 0.333.